The van der Waals surface area contributed by atoms with Crippen molar-refractivity contribution < 1.29 is 14.3 Å². The van der Waals surface area contributed by atoms with Crippen molar-refractivity contribution in [3.8, 4) is 0 Å². The topological polar surface area (TPSA) is 69.4 Å². The summed E-state index contributed by atoms with van der Waals surface area (Å²) in [5.41, 5.74) is 5.99. The van der Waals surface area contributed by atoms with Gasteiger partial charge in [-0.05, 0) is 38.5 Å². The zero-order valence-corrected chi connectivity index (χ0v) is 18.6. The van der Waals surface area contributed by atoms with Crippen molar-refractivity contribution in [2.75, 3.05) is 0 Å². The van der Waals surface area contributed by atoms with Crippen molar-refractivity contribution in [2.45, 2.75) is 90.1 Å². The van der Waals surface area contributed by atoms with Gasteiger partial charge < -0.3 is 10.5 Å². The number of allylic oxidation sites excluding steroid dienone is 4. The van der Waals surface area contributed by atoms with Gasteiger partial charge in [0.2, 0.25) is 6.10 Å². The molecule has 4 heteroatoms. The molecular weight excluding hydrogens is 374 g/mol. The summed E-state index contributed by atoms with van der Waals surface area (Å²) >= 11 is 0. The molecule has 0 spiro atoms. The van der Waals surface area contributed by atoms with Crippen molar-refractivity contribution >= 4 is 11.9 Å². The first kappa shape index (κ1) is 25.7. The van der Waals surface area contributed by atoms with E-state index in [1.54, 1.807) is 24.3 Å². The molecule has 166 valence electrons. The van der Waals surface area contributed by atoms with Crippen LogP contribution in [-0.4, -0.2) is 11.9 Å². The number of rotatable bonds is 17. The fraction of sp³-hybridized carbons (Fsp3) is 0.538. The van der Waals surface area contributed by atoms with Crippen LogP contribution in [0.4, 0.5) is 0 Å². The van der Waals surface area contributed by atoms with Crippen molar-refractivity contribution in [3.63, 3.8) is 0 Å². The summed E-state index contributed by atoms with van der Waals surface area (Å²) in [6.45, 7) is 2.23. The maximum atomic E-state index is 12.0. The molecule has 1 aromatic rings. The molecule has 0 aliphatic carbocycles. The molecule has 0 saturated heterocycles. The van der Waals surface area contributed by atoms with E-state index in [9.17, 15) is 9.59 Å². The molecule has 0 heterocycles. The van der Waals surface area contributed by atoms with E-state index in [4.69, 9.17) is 10.5 Å². The molecule has 30 heavy (non-hydrogen) atoms. The number of hydrogen-bond acceptors (Lipinski definition) is 3. The Morgan fingerprint density at radius 3 is 2.10 bits per heavy atom. The van der Waals surface area contributed by atoms with Gasteiger partial charge in [0.05, 0.1) is 0 Å². The lowest BCUT2D eigenvalue weighted by atomic mass is 10.1. The van der Waals surface area contributed by atoms with Crippen LogP contribution in [0.5, 0.6) is 0 Å². The Kier molecular flexibility index (Phi) is 15.0. The lowest BCUT2D eigenvalue weighted by molar-refractivity contribution is -0.155. The minimum absolute atomic E-state index is 0.321. The van der Waals surface area contributed by atoms with Gasteiger partial charge in [-0.15, -0.1) is 0 Å². The molecular formula is C26H39NO3. The molecule has 0 fully saturated rings. The fourth-order valence-corrected chi connectivity index (χ4v) is 3.19. The van der Waals surface area contributed by atoms with Crippen molar-refractivity contribution in [3.05, 3.63) is 60.2 Å². The van der Waals surface area contributed by atoms with Crippen LogP contribution in [0.15, 0.2) is 54.6 Å². The molecule has 4 nitrogen and oxygen atoms in total. The predicted molar refractivity (Wildman–Crippen MR) is 124 cm³/mol. The molecule has 1 aromatic carbocycles. The van der Waals surface area contributed by atoms with Gasteiger partial charge in [0.1, 0.15) is 0 Å². The third-order valence-corrected chi connectivity index (χ3v) is 4.94. The van der Waals surface area contributed by atoms with Crippen molar-refractivity contribution in [1.82, 2.24) is 0 Å². The highest BCUT2D eigenvalue weighted by Gasteiger charge is 2.21. The molecule has 1 amide bonds. The first-order chi connectivity index (χ1) is 14.6. The van der Waals surface area contributed by atoms with Crippen molar-refractivity contribution in [2.24, 2.45) is 5.73 Å². The zero-order valence-electron chi connectivity index (χ0n) is 18.6. The zero-order chi connectivity index (χ0) is 21.9. The number of carbonyl (C=O) groups excluding carboxylic acids is 2. The third kappa shape index (κ3) is 13.0. The van der Waals surface area contributed by atoms with Crippen LogP contribution in [0.2, 0.25) is 0 Å². The fourth-order valence-electron chi connectivity index (χ4n) is 3.19. The Hall–Kier alpha value is -2.36. The number of unbranched alkanes of at least 4 members (excludes halogenated alkanes) is 8. The Labute approximate surface area is 182 Å². The number of esters is 1. The Morgan fingerprint density at radius 1 is 0.867 bits per heavy atom. The van der Waals surface area contributed by atoms with E-state index in [-0.39, 0.29) is 5.97 Å². The maximum absolute atomic E-state index is 12.0. The summed E-state index contributed by atoms with van der Waals surface area (Å²) in [5.74, 6) is -1.01. The van der Waals surface area contributed by atoms with Gasteiger partial charge in [0.15, 0.2) is 0 Å². The Balaban J connectivity index is 2.03. The lowest BCUT2D eigenvalue weighted by Crippen LogP contribution is -2.26. The number of amides is 1. The van der Waals surface area contributed by atoms with Gasteiger partial charge in [-0.3, -0.25) is 9.59 Å². The molecule has 0 aliphatic heterocycles. The standard InChI is InChI=1S/C26H39NO3/c1-2-3-4-5-6-7-8-9-10-11-12-13-14-15-19-22-24(28)30-25(26(27)29)23-20-17-16-18-21-23/h6-7,9-10,16-18,20-21,25H,2-5,8,11-15,19,22H2,1H3,(H2,27,29)/b7-6-,10-9-. The smallest absolute Gasteiger partial charge is 0.306 e. The maximum Gasteiger partial charge on any atom is 0.306 e. The Morgan fingerprint density at radius 2 is 1.47 bits per heavy atom. The lowest BCUT2D eigenvalue weighted by Gasteiger charge is -2.15. The number of nitrogens with two attached hydrogens (primary N) is 1. The normalized spacial score (nSPS) is 12.4. The van der Waals surface area contributed by atoms with Gasteiger partial charge in [-0.1, -0.05) is 93.7 Å². The van der Waals surface area contributed by atoms with Crippen LogP contribution >= 0.6 is 0 Å². The van der Waals surface area contributed by atoms with E-state index in [1.807, 2.05) is 6.07 Å². The van der Waals surface area contributed by atoms with Crippen LogP contribution in [-0.2, 0) is 14.3 Å². The van der Waals surface area contributed by atoms with Gasteiger partial charge in [0.25, 0.3) is 5.91 Å². The molecule has 2 N–H and O–H groups in total. The molecule has 1 unspecified atom stereocenters. The van der Waals surface area contributed by atoms with E-state index in [1.165, 1.54) is 38.5 Å². The van der Waals surface area contributed by atoms with Gasteiger partial charge in [-0.25, -0.2) is 0 Å². The number of benzene rings is 1. The first-order valence-electron chi connectivity index (χ1n) is 11.5. The number of hydrogen-bond donors (Lipinski definition) is 1. The second-order valence-electron chi connectivity index (χ2n) is 7.66. The van der Waals surface area contributed by atoms with Crippen LogP contribution in [0.3, 0.4) is 0 Å². The quantitative estimate of drug-likeness (QED) is 0.178. The summed E-state index contributed by atoms with van der Waals surface area (Å²) in [4.78, 5) is 23.6. The number of ether oxygens (including phenoxy) is 1. The highest BCUT2D eigenvalue weighted by Crippen LogP contribution is 2.18. The Bertz CT molecular complexity index is 637. The van der Waals surface area contributed by atoms with Gasteiger partial charge in [0, 0.05) is 12.0 Å². The van der Waals surface area contributed by atoms with Crippen LogP contribution in [0, 0.1) is 0 Å². The van der Waals surface area contributed by atoms with Gasteiger partial charge >= 0.3 is 5.97 Å². The summed E-state index contributed by atoms with van der Waals surface area (Å²) in [7, 11) is 0. The minimum atomic E-state index is -1.00. The second kappa shape index (κ2) is 17.5. The average Bonchev–Trinajstić information content (AvgIpc) is 2.75. The van der Waals surface area contributed by atoms with E-state index < -0.39 is 12.0 Å². The SMILES string of the molecule is CCCCC/C=C\C/C=C\CCCCCCCC(=O)OC(C(N)=O)c1ccccc1. The van der Waals surface area contributed by atoms with Crippen molar-refractivity contribution in [1.29, 1.82) is 0 Å². The van der Waals surface area contributed by atoms with E-state index in [2.05, 4.69) is 31.2 Å². The monoisotopic (exact) mass is 413 g/mol. The number of carbonyl (C=O) groups is 2. The van der Waals surface area contributed by atoms with Crippen LogP contribution < -0.4 is 5.73 Å². The summed E-state index contributed by atoms with van der Waals surface area (Å²) in [6.07, 6.45) is 20.8. The first-order valence-corrected chi connectivity index (χ1v) is 11.5. The number of primary amides is 1. The second-order valence-corrected chi connectivity index (χ2v) is 7.66. The molecule has 0 aromatic heterocycles. The molecule has 0 aliphatic rings. The van der Waals surface area contributed by atoms with E-state index >= 15 is 0 Å². The summed E-state index contributed by atoms with van der Waals surface area (Å²) in [6, 6.07) is 8.90. The molecule has 0 radical (unpaired) electrons. The highest BCUT2D eigenvalue weighted by molar-refractivity contribution is 5.83. The highest BCUT2D eigenvalue weighted by atomic mass is 16.5. The molecule has 0 bridgehead atoms. The predicted octanol–water partition coefficient (Wildman–Crippen LogP) is 6.57. The molecule has 1 rings (SSSR count). The van der Waals surface area contributed by atoms with E-state index in [0.717, 1.165) is 32.1 Å². The van der Waals surface area contributed by atoms with E-state index in [0.29, 0.717) is 12.0 Å². The summed E-state index contributed by atoms with van der Waals surface area (Å²) < 4.78 is 5.29. The third-order valence-electron chi connectivity index (χ3n) is 4.94. The van der Waals surface area contributed by atoms with Crippen LogP contribution in [0.1, 0.15) is 95.6 Å². The largest absolute Gasteiger partial charge is 0.447 e. The molecule has 0 saturated carbocycles. The minimum Gasteiger partial charge on any atom is -0.447 e. The van der Waals surface area contributed by atoms with Crippen LogP contribution in [0.25, 0.3) is 0 Å². The van der Waals surface area contributed by atoms with Gasteiger partial charge in [-0.2, -0.15) is 0 Å². The summed E-state index contributed by atoms with van der Waals surface area (Å²) in [5, 5.41) is 0. The molecule has 1 atom stereocenters. The average molecular weight is 414 g/mol.